The summed E-state index contributed by atoms with van der Waals surface area (Å²) < 4.78 is 3.01. The minimum absolute atomic E-state index is 0.434. The number of aliphatic hydroxyl groups excluding tert-OH is 1. The van der Waals surface area contributed by atoms with Crippen LogP contribution in [0, 0.1) is 0 Å². The summed E-state index contributed by atoms with van der Waals surface area (Å²) in [6.07, 6.45) is 4.02. The van der Waals surface area contributed by atoms with Crippen molar-refractivity contribution in [3.63, 3.8) is 0 Å². The van der Waals surface area contributed by atoms with Gasteiger partial charge >= 0.3 is 0 Å². The molecule has 2 aromatic rings. The number of nitrogens with zero attached hydrogens (tertiary/aromatic N) is 3. The van der Waals surface area contributed by atoms with Gasteiger partial charge in [0.15, 0.2) is 0 Å². The van der Waals surface area contributed by atoms with E-state index in [0.717, 1.165) is 29.0 Å². The number of benzene rings is 1. The first-order valence-corrected chi connectivity index (χ1v) is 7.44. The molecule has 0 spiro atoms. The van der Waals surface area contributed by atoms with Gasteiger partial charge in [0.25, 0.3) is 0 Å². The fraction of sp³-hybridized carbons (Fsp3) is 0.400. The van der Waals surface area contributed by atoms with Crippen molar-refractivity contribution in [3.8, 4) is 0 Å². The van der Waals surface area contributed by atoms with Crippen LogP contribution >= 0.6 is 15.9 Å². The van der Waals surface area contributed by atoms with Crippen LogP contribution in [0.3, 0.4) is 0 Å². The molecule has 0 aliphatic rings. The Balaban J connectivity index is 1.84. The maximum Gasteiger partial charge on any atom is 0.122 e. The molecule has 0 radical (unpaired) electrons. The van der Waals surface area contributed by atoms with E-state index < -0.39 is 6.10 Å². The van der Waals surface area contributed by atoms with Crippen LogP contribution in [0.25, 0.3) is 0 Å². The van der Waals surface area contributed by atoms with Gasteiger partial charge in [-0.3, -0.25) is 4.90 Å². The summed E-state index contributed by atoms with van der Waals surface area (Å²) in [6.45, 7) is 1.61. The van der Waals surface area contributed by atoms with Crippen molar-refractivity contribution in [1.29, 1.82) is 0 Å². The Labute approximate surface area is 128 Å². The predicted molar refractivity (Wildman–Crippen MR) is 83.3 cm³/mol. The molecule has 0 aliphatic carbocycles. The average molecular weight is 338 g/mol. The normalized spacial score (nSPS) is 12.8. The predicted octanol–water partition coefficient (Wildman–Crippen LogP) is 2.74. The first kappa shape index (κ1) is 15.2. The zero-order valence-electron chi connectivity index (χ0n) is 11.8. The number of aromatic nitrogens is 2. The van der Waals surface area contributed by atoms with Crippen molar-refractivity contribution >= 4 is 15.9 Å². The molecule has 1 heterocycles. The lowest BCUT2D eigenvalue weighted by Gasteiger charge is -2.19. The lowest BCUT2D eigenvalue weighted by Crippen LogP contribution is -2.22. The smallest absolute Gasteiger partial charge is 0.122 e. The Morgan fingerprint density at radius 1 is 1.45 bits per heavy atom. The number of hydrogen-bond donors (Lipinski definition) is 1. The summed E-state index contributed by atoms with van der Waals surface area (Å²) in [7, 11) is 4.04. The van der Waals surface area contributed by atoms with Gasteiger partial charge in [0.2, 0.25) is 0 Å². The lowest BCUT2D eigenvalue weighted by molar-refractivity contribution is 0.146. The summed E-state index contributed by atoms with van der Waals surface area (Å²) in [5, 5.41) is 10.2. The maximum absolute atomic E-state index is 10.2. The summed E-state index contributed by atoms with van der Waals surface area (Å²) in [6, 6.07) is 7.82. The van der Waals surface area contributed by atoms with E-state index in [9.17, 15) is 5.11 Å². The van der Waals surface area contributed by atoms with E-state index in [1.54, 1.807) is 6.20 Å². The highest BCUT2D eigenvalue weighted by Crippen LogP contribution is 2.20. The molecule has 2 rings (SSSR count). The van der Waals surface area contributed by atoms with Crippen LogP contribution in [0.1, 0.15) is 23.9 Å². The molecule has 1 aromatic carbocycles. The van der Waals surface area contributed by atoms with Crippen molar-refractivity contribution in [2.24, 2.45) is 7.05 Å². The van der Waals surface area contributed by atoms with Crippen LogP contribution < -0.4 is 0 Å². The Hall–Kier alpha value is -1.17. The van der Waals surface area contributed by atoms with Gasteiger partial charge in [-0.2, -0.15) is 0 Å². The summed E-state index contributed by atoms with van der Waals surface area (Å²) in [5.74, 6) is 1.03. The highest BCUT2D eigenvalue weighted by molar-refractivity contribution is 9.10. The van der Waals surface area contributed by atoms with Crippen molar-refractivity contribution in [1.82, 2.24) is 14.5 Å². The van der Waals surface area contributed by atoms with Gasteiger partial charge in [0.05, 0.1) is 12.6 Å². The van der Waals surface area contributed by atoms with Gasteiger partial charge in [0, 0.05) is 30.5 Å². The summed E-state index contributed by atoms with van der Waals surface area (Å²) in [4.78, 5) is 6.48. The first-order chi connectivity index (χ1) is 9.56. The maximum atomic E-state index is 10.2. The first-order valence-electron chi connectivity index (χ1n) is 6.64. The van der Waals surface area contributed by atoms with Crippen LogP contribution in [-0.2, 0) is 13.6 Å². The van der Waals surface area contributed by atoms with Crippen molar-refractivity contribution in [3.05, 3.63) is 52.5 Å². The largest absolute Gasteiger partial charge is 0.388 e. The quantitative estimate of drug-likeness (QED) is 0.881. The second-order valence-corrected chi connectivity index (χ2v) is 5.97. The minimum atomic E-state index is -0.434. The van der Waals surface area contributed by atoms with Gasteiger partial charge in [0.1, 0.15) is 5.82 Å². The Morgan fingerprint density at radius 2 is 2.25 bits per heavy atom. The Bertz CT molecular complexity index is 556. The van der Waals surface area contributed by atoms with E-state index in [2.05, 4.69) is 25.8 Å². The summed E-state index contributed by atoms with van der Waals surface area (Å²) >= 11 is 3.43. The molecule has 4 nitrogen and oxygen atoms in total. The molecule has 108 valence electrons. The molecule has 1 aromatic heterocycles. The standard InChI is InChI=1S/C15H20BrN3O/c1-18(11-15-17-7-9-19(15)2)8-6-14(20)12-4-3-5-13(16)10-12/h3-5,7,9-10,14,20H,6,8,11H2,1-2H3. The molecular weight excluding hydrogens is 318 g/mol. The molecule has 0 saturated carbocycles. The van der Waals surface area contributed by atoms with Crippen LogP contribution in [0.5, 0.6) is 0 Å². The van der Waals surface area contributed by atoms with Crippen LogP contribution in [0.15, 0.2) is 41.1 Å². The van der Waals surface area contributed by atoms with Crippen LogP contribution in [-0.4, -0.2) is 33.1 Å². The molecule has 20 heavy (non-hydrogen) atoms. The van der Waals surface area contributed by atoms with Gasteiger partial charge in [-0.1, -0.05) is 28.1 Å². The van der Waals surface area contributed by atoms with Crippen molar-refractivity contribution < 1.29 is 5.11 Å². The monoisotopic (exact) mass is 337 g/mol. The minimum Gasteiger partial charge on any atom is -0.388 e. The van der Waals surface area contributed by atoms with Gasteiger partial charge in [-0.15, -0.1) is 0 Å². The molecule has 0 bridgehead atoms. The molecule has 1 unspecified atom stereocenters. The fourth-order valence-corrected chi connectivity index (χ4v) is 2.51. The summed E-state index contributed by atoms with van der Waals surface area (Å²) in [5.41, 5.74) is 0.949. The van der Waals surface area contributed by atoms with E-state index in [1.807, 2.05) is 49.1 Å². The van der Waals surface area contributed by atoms with E-state index >= 15 is 0 Å². The van der Waals surface area contributed by atoms with Crippen molar-refractivity contribution in [2.45, 2.75) is 19.1 Å². The number of aryl methyl sites for hydroxylation is 1. The number of halogens is 1. The third kappa shape index (κ3) is 4.16. The number of rotatable bonds is 6. The second-order valence-electron chi connectivity index (χ2n) is 5.05. The molecule has 0 amide bonds. The lowest BCUT2D eigenvalue weighted by atomic mass is 10.1. The molecule has 0 aliphatic heterocycles. The zero-order valence-corrected chi connectivity index (χ0v) is 13.4. The third-order valence-corrected chi connectivity index (χ3v) is 3.84. The van der Waals surface area contributed by atoms with Gasteiger partial charge in [-0.05, 0) is 31.2 Å². The topological polar surface area (TPSA) is 41.3 Å². The molecular formula is C15H20BrN3O. The van der Waals surface area contributed by atoms with E-state index in [0.29, 0.717) is 6.42 Å². The van der Waals surface area contributed by atoms with E-state index in [4.69, 9.17) is 0 Å². The van der Waals surface area contributed by atoms with E-state index in [1.165, 1.54) is 0 Å². The Morgan fingerprint density at radius 3 is 2.90 bits per heavy atom. The third-order valence-electron chi connectivity index (χ3n) is 3.35. The van der Waals surface area contributed by atoms with Crippen LogP contribution in [0.4, 0.5) is 0 Å². The average Bonchev–Trinajstić information content (AvgIpc) is 2.81. The SMILES string of the molecule is CN(CCC(O)c1cccc(Br)c1)Cc1nccn1C. The van der Waals surface area contributed by atoms with Crippen LogP contribution in [0.2, 0.25) is 0 Å². The molecule has 1 atom stereocenters. The highest BCUT2D eigenvalue weighted by atomic mass is 79.9. The molecule has 0 fully saturated rings. The number of hydrogen-bond acceptors (Lipinski definition) is 3. The Kier molecular flexibility index (Phi) is 5.34. The zero-order chi connectivity index (χ0) is 14.5. The molecule has 1 N–H and O–H groups in total. The van der Waals surface area contributed by atoms with Gasteiger partial charge in [-0.25, -0.2) is 4.98 Å². The number of imidazole rings is 1. The second kappa shape index (κ2) is 7.02. The highest BCUT2D eigenvalue weighted by Gasteiger charge is 2.10. The fourth-order valence-electron chi connectivity index (χ4n) is 2.09. The molecule has 5 heteroatoms. The number of aliphatic hydroxyl groups is 1. The van der Waals surface area contributed by atoms with Gasteiger partial charge < -0.3 is 9.67 Å². The van der Waals surface area contributed by atoms with E-state index in [-0.39, 0.29) is 0 Å². The molecule has 0 saturated heterocycles. The van der Waals surface area contributed by atoms with Crippen molar-refractivity contribution in [2.75, 3.05) is 13.6 Å².